The van der Waals surface area contributed by atoms with Crippen molar-refractivity contribution in [2.45, 2.75) is 38.1 Å². The minimum absolute atomic E-state index is 0.0221. The summed E-state index contributed by atoms with van der Waals surface area (Å²) >= 11 is 0. The molecule has 1 heterocycles. The summed E-state index contributed by atoms with van der Waals surface area (Å²) in [5.41, 5.74) is 7.19. The molecule has 1 unspecified atom stereocenters. The first kappa shape index (κ1) is 13.5. The van der Waals surface area contributed by atoms with Crippen molar-refractivity contribution in [3.8, 4) is 0 Å². The van der Waals surface area contributed by atoms with Gasteiger partial charge in [-0.3, -0.25) is 0 Å². The van der Waals surface area contributed by atoms with Crippen LogP contribution in [0.15, 0.2) is 24.3 Å². The van der Waals surface area contributed by atoms with Gasteiger partial charge in [0.2, 0.25) is 0 Å². The van der Waals surface area contributed by atoms with Gasteiger partial charge in [0, 0.05) is 6.04 Å². The summed E-state index contributed by atoms with van der Waals surface area (Å²) < 4.78 is 12.8. The summed E-state index contributed by atoms with van der Waals surface area (Å²) in [5, 5.41) is 0. The minimum Gasteiger partial charge on any atom is -0.324 e. The lowest BCUT2D eigenvalue weighted by atomic mass is 10.0. The molecule has 1 aromatic rings. The molecule has 2 N–H and O–H groups in total. The lowest BCUT2D eigenvalue weighted by molar-refractivity contribution is 0.273. The van der Waals surface area contributed by atoms with Crippen LogP contribution in [0.3, 0.4) is 0 Å². The molecule has 2 rings (SSSR count). The topological polar surface area (TPSA) is 29.3 Å². The molecule has 0 aromatic heterocycles. The molecule has 0 amide bonds. The standard InChI is InChI=1S/C15H23FN2/c16-14-7-5-13(6-8-14)15(17)9-12-18-10-3-1-2-4-11-18/h5-8,15H,1-4,9-12,17H2. The van der Waals surface area contributed by atoms with E-state index in [1.54, 1.807) is 12.1 Å². The fourth-order valence-electron chi connectivity index (χ4n) is 2.56. The average Bonchev–Trinajstić information content (AvgIpc) is 2.65. The molecule has 0 aliphatic carbocycles. The third kappa shape index (κ3) is 4.07. The van der Waals surface area contributed by atoms with Crippen LogP contribution in [0.25, 0.3) is 0 Å². The molecule has 1 aliphatic rings. The Balaban J connectivity index is 1.80. The summed E-state index contributed by atoms with van der Waals surface area (Å²) in [7, 11) is 0. The quantitative estimate of drug-likeness (QED) is 0.889. The smallest absolute Gasteiger partial charge is 0.123 e. The number of rotatable bonds is 4. The summed E-state index contributed by atoms with van der Waals surface area (Å²) in [4.78, 5) is 2.51. The van der Waals surface area contributed by atoms with Crippen LogP contribution in [0.5, 0.6) is 0 Å². The Morgan fingerprint density at radius 3 is 2.28 bits per heavy atom. The maximum Gasteiger partial charge on any atom is 0.123 e. The Morgan fingerprint density at radius 2 is 1.67 bits per heavy atom. The van der Waals surface area contributed by atoms with E-state index in [1.807, 2.05) is 0 Å². The van der Waals surface area contributed by atoms with Gasteiger partial charge in [0.1, 0.15) is 5.82 Å². The predicted molar refractivity (Wildman–Crippen MR) is 72.9 cm³/mol. The van der Waals surface area contributed by atoms with Gasteiger partial charge in [-0.2, -0.15) is 0 Å². The second-order valence-electron chi connectivity index (χ2n) is 5.20. The molecule has 0 radical (unpaired) electrons. The molecule has 3 heteroatoms. The van der Waals surface area contributed by atoms with E-state index >= 15 is 0 Å². The Labute approximate surface area is 109 Å². The molecule has 1 fully saturated rings. The maximum atomic E-state index is 12.8. The van der Waals surface area contributed by atoms with Crippen LogP contribution in [0, 0.1) is 5.82 Å². The lowest BCUT2D eigenvalue weighted by Gasteiger charge is -2.22. The van der Waals surface area contributed by atoms with E-state index in [4.69, 9.17) is 5.73 Å². The molecule has 0 spiro atoms. The number of nitrogens with zero attached hydrogens (tertiary/aromatic N) is 1. The van der Waals surface area contributed by atoms with Gasteiger partial charge >= 0.3 is 0 Å². The molecule has 18 heavy (non-hydrogen) atoms. The average molecular weight is 250 g/mol. The van der Waals surface area contributed by atoms with E-state index in [-0.39, 0.29) is 11.9 Å². The highest BCUT2D eigenvalue weighted by Crippen LogP contribution is 2.16. The zero-order valence-corrected chi connectivity index (χ0v) is 10.9. The van der Waals surface area contributed by atoms with Crippen LogP contribution in [-0.4, -0.2) is 24.5 Å². The highest BCUT2D eigenvalue weighted by molar-refractivity contribution is 5.19. The van der Waals surface area contributed by atoms with Gasteiger partial charge in [-0.1, -0.05) is 25.0 Å². The number of halogens is 1. The van der Waals surface area contributed by atoms with Crippen molar-refractivity contribution in [1.82, 2.24) is 4.90 Å². The van der Waals surface area contributed by atoms with Crippen molar-refractivity contribution in [3.63, 3.8) is 0 Å². The third-order valence-corrected chi connectivity index (χ3v) is 3.75. The summed E-state index contributed by atoms with van der Waals surface area (Å²) in [6.07, 6.45) is 6.30. The highest BCUT2D eigenvalue weighted by atomic mass is 19.1. The number of hydrogen-bond donors (Lipinski definition) is 1. The molecule has 1 aromatic carbocycles. The molecule has 100 valence electrons. The number of benzene rings is 1. The Bertz CT molecular complexity index is 342. The van der Waals surface area contributed by atoms with E-state index in [2.05, 4.69) is 4.90 Å². The first-order valence-corrected chi connectivity index (χ1v) is 6.99. The van der Waals surface area contributed by atoms with Crippen LogP contribution in [0.2, 0.25) is 0 Å². The number of hydrogen-bond acceptors (Lipinski definition) is 2. The van der Waals surface area contributed by atoms with E-state index in [9.17, 15) is 4.39 Å². The minimum atomic E-state index is -0.196. The van der Waals surface area contributed by atoms with Crippen LogP contribution in [0.4, 0.5) is 4.39 Å². The van der Waals surface area contributed by atoms with Gasteiger partial charge in [0.05, 0.1) is 0 Å². The second-order valence-corrected chi connectivity index (χ2v) is 5.20. The normalized spacial score (nSPS) is 19.4. The van der Waals surface area contributed by atoms with Gasteiger partial charge in [0.15, 0.2) is 0 Å². The Morgan fingerprint density at radius 1 is 1.06 bits per heavy atom. The molecular formula is C15H23FN2. The fraction of sp³-hybridized carbons (Fsp3) is 0.600. The van der Waals surface area contributed by atoms with Crippen LogP contribution < -0.4 is 5.73 Å². The first-order chi connectivity index (χ1) is 8.75. The largest absolute Gasteiger partial charge is 0.324 e. The summed E-state index contributed by atoms with van der Waals surface area (Å²) in [5.74, 6) is -0.196. The van der Waals surface area contributed by atoms with Crippen molar-refractivity contribution in [1.29, 1.82) is 0 Å². The van der Waals surface area contributed by atoms with E-state index in [0.717, 1.165) is 18.5 Å². The summed E-state index contributed by atoms with van der Waals surface area (Å²) in [6, 6.07) is 6.58. The lowest BCUT2D eigenvalue weighted by Crippen LogP contribution is -2.28. The second kappa shape index (κ2) is 6.86. The van der Waals surface area contributed by atoms with Crippen molar-refractivity contribution in [3.05, 3.63) is 35.6 Å². The monoisotopic (exact) mass is 250 g/mol. The first-order valence-electron chi connectivity index (χ1n) is 6.99. The van der Waals surface area contributed by atoms with Crippen molar-refractivity contribution < 1.29 is 4.39 Å². The molecular weight excluding hydrogens is 227 g/mol. The Hall–Kier alpha value is -0.930. The van der Waals surface area contributed by atoms with Gasteiger partial charge in [-0.15, -0.1) is 0 Å². The molecule has 1 saturated heterocycles. The van der Waals surface area contributed by atoms with Crippen molar-refractivity contribution >= 4 is 0 Å². The highest BCUT2D eigenvalue weighted by Gasteiger charge is 2.11. The van der Waals surface area contributed by atoms with Crippen molar-refractivity contribution in [2.75, 3.05) is 19.6 Å². The van der Waals surface area contributed by atoms with Crippen LogP contribution >= 0.6 is 0 Å². The zero-order chi connectivity index (χ0) is 12.8. The summed E-state index contributed by atoms with van der Waals surface area (Å²) in [6.45, 7) is 3.46. The third-order valence-electron chi connectivity index (χ3n) is 3.75. The maximum absolute atomic E-state index is 12.8. The Kier molecular flexibility index (Phi) is 5.14. The predicted octanol–water partition coefficient (Wildman–Crippen LogP) is 3.09. The van der Waals surface area contributed by atoms with Gasteiger partial charge in [-0.25, -0.2) is 4.39 Å². The molecule has 1 atom stereocenters. The molecule has 1 aliphatic heterocycles. The van der Waals surface area contributed by atoms with Crippen LogP contribution in [-0.2, 0) is 0 Å². The van der Waals surface area contributed by atoms with Crippen LogP contribution in [0.1, 0.15) is 43.7 Å². The number of nitrogens with two attached hydrogens (primary N) is 1. The van der Waals surface area contributed by atoms with E-state index in [1.165, 1.54) is 50.9 Å². The zero-order valence-electron chi connectivity index (χ0n) is 10.9. The SMILES string of the molecule is NC(CCN1CCCCCC1)c1ccc(F)cc1. The number of likely N-dealkylation sites (tertiary alicyclic amines) is 1. The van der Waals surface area contributed by atoms with Gasteiger partial charge < -0.3 is 10.6 Å². The molecule has 0 saturated carbocycles. The van der Waals surface area contributed by atoms with E-state index < -0.39 is 0 Å². The van der Waals surface area contributed by atoms with Crippen molar-refractivity contribution in [2.24, 2.45) is 5.73 Å². The van der Waals surface area contributed by atoms with E-state index in [0.29, 0.717) is 0 Å². The molecule has 0 bridgehead atoms. The van der Waals surface area contributed by atoms with Gasteiger partial charge in [-0.05, 0) is 56.6 Å². The molecule has 2 nitrogen and oxygen atoms in total. The van der Waals surface area contributed by atoms with Gasteiger partial charge in [0.25, 0.3) is 0 Å². The fourth-order valence-corrected chi connectivity index (χ4v) is 2.56.